The summed E-state index contributed by atoms with van der Waals surface area (Å²) in [6.07, 6.45) is -2.28. The Bertz CT molecular complexity index is 1670. The van der Waals surface area contributed by atoms with E-state index in [1.807, 2.05) is 50.2 Å². The number of benzene rings is 3. The van der Waals surface area contributed by atoms with Gasteiger partial charge in [-0.05, 0) is 74.6 Å². The first-order valence-electron chi connectivity index (χ1n) is 14.6. The van der Waals surface area contributed by atoms with Crippen LogP contribution in [0.4, 0.5) is 23.7 Å². The van der Waals surface area contributed by atoms with Crippen molar-refractivity contribution in [2.75, 3.05) is 10.7 Å². The molecule has 4 aromatic rings. The molecule has 1 aliphatic rings. The van der Waals surface area contributed by atoms with Crippen LogP contribution in [0, 0.1) is 0 Å². The molecule has 5 rings (SSSR count). The third-order valence-corrected chi connectivity index (χ3v) is 8.53. The Balaban J connectivity index is 1.29. The van der Waals surface area contributed by atoms with Crippen LogP contribution < -0.4 is 15.0 Å². The number of anilines is 1. The van der Waals surface area contributed by atoms with Crippen LogP contribution in [0.1, 0.15) is 58.1 Å². The van der Waals surface area contributed by atoms with Gasteiger partial charge in [-0.15, -0.1) is 18.3 Å². The lowest BCUT2D eigenvalue weighted by molar-refractivity contribution is -0.274. The van der Waals surface area contributed by atoms with Crippen LogP contribution in [0.3, 0.4) is 0 Å². The van der Waals surface area contributed by atoms with Crippen LogP contribution in [0.15, 0.2) is 84.1 Å². The molecule has 1 aromatic heterocycles. The maximum absolute atomic E-state index is 13.3. The highest BCUT2D eigenvalue weighted by atomic mass is 32.2. The molecule has 8 nitrogen and oxygen atoms in total. The van der Waals surface area contributed by atoms with Gasteiger partial charge in [0.15, 0.2) is 11.0 Å². The standard InChI is InChI=1S/C33H35F3N6O2S/c1-21(2)27-8-6-7-9-28(27)42-22(3)18-19-45-31(42)38-30(43)39-32(4,5)24-12-10-23(11-13-24)29-37-20-41(40-29)25-14-16-26(17-15-25)44-33(34,35)36/h6-17,20-22H,18-19H2,1-5H3,(H,39,43)/b38-31-. The zero-order valence-corrected chi connectivity index (χ0v) is 26.5. The van der Waals surface area contributed by atoms with Crippen molar-refractivity contribution in [2.45, 2.75) is 64.9 Å². The van der Waals surface area contributed by atoms with Gasteiger partial charge in [0.2, 0.25) is 0 Å². The number of nitrogens with zero attached hydrogens (tertiary/aromatic N) is 5. The number of rotatable bonds is 7. The first kappa shape index (κ1) is 32.1. The average molecular weight is 637 g/mol. The molecule has 3 aromatic carbocycles. The highest BCUT2D eigenvalue weighted by Gasteiger charge is 2.31. The molecular formula is C33H35F3N6O2S. The second-order valence-corrected chi connectivity index (χ2v) is 12.7. The molecule has 236 valence electrons. The summed E-state index contributed by atoms with van der Waals surface area (Å²) in [6.45, 7) is 10.3. The number of nitrogens with one attached hydrogen (secondary N) is 1. The highest BCUT2D eigenvalue weighted by Crippen LogP contribution is 2.35. The molecule has 1 unspecified atom stereocenters. The Morgan fingerprint density at radius 2 is 1.73 bits per heavy atom. The average Bonchev–Trinajstić information content (AvgIpc) is 3.47. The lowest BCUT2D eigenvalue weighted by Crippen LogP contribution is -2.44. The first-order valence-corrected chi connectivity index (χ1v) is 15.6. The second-order valence-electron chi connectivity index (χ2n) is 11.7. The van der Waals surface area contributed by atoms with E-state index in [1.165, 1.54) is 40.8 Å². The molecule has 2 heterocycles. The predicted octanol–water partition coefficient (Wildman–Crippen LogP) is 8.29. The van der Waals surface area contributed by atoms with Crippen molar-refractivity contribution >= 4 is 28.6 Å². The van der Waals surface area contributed by atoms with E-state index in [2.05, 4.69) is 62.9 Å². The summed E-state index contributed by atoms with van der Waals surface area (Å²) in [7, 11) is 0. The molecule has 0 bridgehead atoms. The van der Waals surface area contributed by atoms with Gasteiger partial charge in [0.25, 0.3) is 0 Å². The third kappa shape index (κ3) is 7.67. The molecule has 1 fully saturated rings. The lowest BCUT2D eigenvalue weighted by atomic mass is 9.93. The largest absolute Gasteiger partial charge is 0.573 e. The van der Waals surface area contributed by atoms with Crippen LogP contribution in [0.25, 0.3) is 17.1 Å². The summed E-state index contributed by atoms with van der Waals surface area (Å²) in [5.41, 5.74) is 3.71. The fourth-order valence-electron chi connectivity index (χ4n) is 5.14. The quantitative estimate of drug-likeness (QED) is 0.220. The number of aliphatic imine (C=N–C) groups is 1. The van der Waals surface area contributed by atoms with Crippen molar-refractivity contribution in [1.82, 2.24) is 20.1 Å². The second kappa shape index (κ2) is 13.0. The maximum atomic E-state index is 13.3. The van der Waals surface area contributed by atoms with Gasteiger partial charge in [0.1, 0.15) is 12.1 Å². The molecular weight excluding hydrogens is 601 g/mol. The van der Waals surface area contributed by atoms with Crippen molar-refractivity contribution in [3.8, 4) is 22.8 Å². The summed E-state index contributed by atoms with van der Waals surface area (Å²) in [5, 5.41) is 8.22. The first-order chi connectivity index (χ1) is 21.3. The number of halogens is 3. The molecule has 0 saturated carbocycles. The molecule has 1 aliphatic heterocycles. The molecule has 0 aliphatic carbocycles. The van der Waals surface area contributed by atoms with Gasteiger partial charge in [0.05, 0.1) is 11.2 Å². The Kier molecular flexibility index (Phi) is 9.24. The third-order valence-electron chi connectivity index (χ3n) is 7.54. The molecule has 2 amide bonds. The number of carbonyl (C=O) groups is 1. The highest BCUT2D eigenvalue weighted by molar-refractivity contribution is 8.14. The van der Waals surface area contributed by atoms with E-state index in [9.17, 15) is 18.0 Å². The molecule has 45 heavy (non-hydrogen) atoms. The normalized spacial score (nSPS) is 16.7. The number of urea groups is 1. The number of para-hydroxylation sites is 1. The van der Waals surface area contributed by atoms with Gasteiger partial charge in [-0.25, -0.2) is 14.5 Å². The predicted molar refractivity (Wildman–Crippen MR) is 172 cm³/mol. The monoisotopic (exact) mass is 636 g/mol. The number of alkyl halides is 3. The van der Waals surface area contributed by atoms with Crippen LogP contribution in [0.5, 0.6) is 5.75 Å². The van der Waals surface area contributed by atoms with E-state index in [4.69, 9.17) is 0 Å². The van der Waals surface area contributed by atoms with Crippen LogP contribution >= 0.6 is 11.8 Å². The van der Waals surface area contributed by atoms with Crippen molar-refractivity contribution in [3.05, 3.63) is 90.3 Å². The molecule has 12 heteroatoms. The van der Waals surface area contributed by atoms with E-state index in [0.717, 1.165) is 29.0 Å². The van der Waals surface area contributed by atoms with Crippen molar-refractivity contribution in [3.63, 3.8) is 0 Å². The van der Waals surface area contributed by atoms with E-state index >= 15 is 0 Å². The minimum Gasteiger partial charge on any atom is -0.406 e. The molecule has 1 N–H and O–H groups in total. The summed E-state index contributed by atoms with van der Waals surface area (Å²) in [4.78, 5) is 24.4. The topological polar surface area (TPSA) is 84.6 Å². The smallest absolute Gasteiger partial charge is 0.406 e. The molecule has 0 radical (unpaired) electrons. The summed E-state index contributed by atoms with van der Waals surface area (Å²) in [6, 6.07) is 21.0. The fourth-order valence-corrected chi connectivity index (χ4v) is 6.35. The summed E-state index contributed by atoms with van der Waals surface area (Å²) < 4.78 is 42.8. The number of hydrogen-bond acceptors (Lipinski definition) is 5. The van der Waals surface area contributed by atoms with Crippen LogP contribution in [-0.2, 0) is 5.54 Å². The molecule has 1 saturated heterocycles. The van der Waals surface area contributed by atoms with Gasteiger partial charge >= 0.3 is 12.4 Å². The van der Waals surface area contributed by atoms with E-state index < -0.39 is 17.9 Å². The van der Waals surface area contributed by atoms with Gasteiger partial charge in [-0.1, -0.05) is 68.1 Å². The fraction of sp³-hybridized carbons (Fsp3) is 0.333. The number of amidine groups is 1. The summed E-state index contributed by atoms with van der Waals surface area (Å²) >= 11 is 1.59. The van der Waals surface area contributed by atoms with Crippen molar-refractivity contribution in [2.24, 2.45) is 4.99 Å². The SMILES string of the molecule is CC(C)c1ccccc1N1/C(=N/C(=O)NC(C)(C)c2ccc(-c3ncn(-c4ccc(OC(F)(F)F)cc4)n3)cc2)SCCC1C. The number of hydrogen-bond donors (Lipinski definition) is 1. The minimum absolute atomic E-state index is 0.207. The van der Waals surface area contributed by atoms with Gasteiger partial charge in [-0.2, -0.15) is 4.99 Å². The van der Waals surface area contributed by atoms with E-state index in [-0.39, 0.29) is 11.8 Å². The van der Waals surface area contributed by atoms with Crippen LogP contribution in [0.2, 0.25) is 0 Å². The molecule has 0 spiro atoms. The number of carbonyl (C=O) groups excluding carboxylic acids is 1. The van der Waals surface area contributed by atoms with Gasteiger partial charge in [0, 0.05) is 23.0 Å². The number of amides is 2. The Labute approximate surface area is 264 Å². The zero-order valence-electron chi connectivity index (χ0n) is 25.7. The van der Waals surface area contributed by atoms with E-state index in [0.29, 0.717) is 22.6 Å². The molecule has 1 atom stereocenters. The van der Waals surface area contributed by atoms with E-state index in [1.54, 1.807) is 11.8 Å². The van der Waals surface area contributed by atoms with Gasteiger partial charge in [-0.3, -0.25) is 0 Å². The number of aromatic nitrogens is 3. The Morgan fingerprint density at radius 3 is 2.40 bits per heavy atom. The number of ether oxygens (including phenoxy) is 1. The van der Waals surface area contributed by atoms with Crippen molar-refractivity contribution < 1.29 is 22.7 Å². The van der Waals surface area contributed by atoms with Crippen molar-refractivity contribution in [1.29, 1.82) is 0 Å². The number of thioether (sulfide) groups is 1. The Morgan fingerprint density at radius 1 is 1.04 bits per heavy atom. The van der Waals surface area contributed by atoms with Gasteiger partial charge < -0.3 is 15.0 Å². The zero-order chi connectivity index (χ0) is 32.4. The van der Waals surface area contributed by atoms with Crippen LogP contribution in [-0.4, -0.2) is 44.1 Å². The summed E-state index contributed by atoms with van der Waals surface area (Å²) in [5.74, 6) is 1.34. The maximum Gasteiger partial charge on any atom is 0.573 e. The lowest BCUT2D eigenvalue weighted by Gasteiger charge is -2.37. The Hall–Kier alpha value is -4.32. The minimum atomic E-state index is -4.76.